The number of para-hydroxylation sites is 1. The number of anilines is 1. The molecule has 1 aliphatic rings. The summed E-state index contributed by atoms with van der Waals surface area (Å²) in [6, 6.07) is 6.43. The molecule has 1 amide bonds. The second kappa shape index (κ2) is 8.26. The van der Waals surface area contributed by atoms with Crippen LogP contribution in [0.3, 0.4) is 0 Å². The smallest absolute Gasteiger partial charge is 0.238 e. The molecule has 2 rings (SSSR count). The Bertz CT molecular complexity index is 682. The van der Waals surface area contributed by atoms with Crippen LogP contribution in [0.25, 0.3) is 0 Å². The normalized spacial score (nSPS) is 20.9. The van der Waals surface area contributed by atoms with Gasteiger partial charge in [-0.3, -0.25) is 9.69 Å². The molecule has 1 heterocycles. The number of hydrogen-bond donors (Lipinski definition) is 3. The highest BCUT2D eigenvalue weighted by molar-refractivity contribution is 7.91. The van der Waals surface area contributed by atoms with E-state index in [1.165, 1.54) is 0 Å². The molecule has 1 aliphatic heterocycles. The minimum Gasteiger partial charge on any atom is -0.394 e. The lowest BCUT2D eigenvalue weighted by Gasteiger charge is -2.29. The Hall–Kier alpha value is -1.19. The molecule has 0 bridgehead atoms. The Kier molecular flexibility index (Phi) is 6.59. The van der Waals surface area contributed by atoms with Crippen molar-refractivity contribution >= 4 is 33.0 Å². The monoisotopic (exact) mass is 376 g/mol. The number of hydrogen-bond acceptors (Lipinski definition) is 6. The number of carbonyl (C=O) groups excluding carboxylic acids is 1. The average molecular weight is 377 g/mol. The maximum absolute atomic E-state index is 12.3. The zero-order valence-electron chi connectivity index (χ0n) is 13.1. The fourth-order valence-electron chi connectivity index (χ4n) is 2.67. The van der Waals surface area contributed by atoms with Gasteiger partial charge >= 0.3 is 0 Å². The van der Waals surface area contributed by atoms with E-state index in [9.17, 15) is 18.3 Å². The minimum absolute atomic E-state index is 0.0205. The lowest BCUT2D eigenvalue weighted by atomic mass is 10.2. The number of aliphatic hydroxyl groups is 2. The van der Waals surface area contributed by atoms with Crippen molar-refractivity contribution in [3.8, 4) is 0 Å². The zero-order chi connectivity index (χ0) is 17.7. The third-order valence-electron chi connectivity index (χ3n) is 3.88. The highest BCUT2D eigenvalue weighted by Crippen LogP contribution is 2.21. The number of benzene rings is 1. The summed E-state index contributed by atoms with van der Waals surface area (Å²) in [6.07, 6.45) is -0.638. The van der Waals surface area contributed by atoms with E-state index in [4.69, 9.17) is 16.7 Å². The Morgan fingerprint density at radius 2 is 2.12 bits per heavy atom. The molecule has 24 heavy (non-hydrogen) atoms. The summed E-state index contributed by atoms with van der Waals surface area (Å²) in [6.45, 7) is -0.531. The van der Waals surface area contributed by atoms with Crippen LogP contribution in [0.4, 0.5) is 5.69 Å². The number of carbonyl (C=O) groups is 1. The third kappa shape index (κ3) is 5.42. The molecule has 134 valence electrons. The van der Waals surface area contributed by atoms with Crippen molar-refractivity contribution in [2.75, 3.05) is 36.5 Å². The van der Waals surface area contributed by atoms with Gasteiger partial charge in [-0.1, -0.05) is 23.7 Å². The van der Waals surface area contributed by atoms with Crippen molar-refractivity contribution in [2.24, 2.45) is 0 Å². The van der Waals surface area contributed by atoms with Crippen LogP contribution >= 0.6 is 11.6 Å². The fourth-order valence-corrected chi connectivity index (χ4v) is 4.62. The van der Waals surface area contributed by atoms with Crippen LogP contribution in [0.2, 0.25) is 5.02 Å². The Morgan fingerprint density at radius 1 is 1.42 bits per heavy atom. The molecule has 9 heteroatoms. The largest absolute Gasteiger partial charge is 0.394 e. The molecule has 0 aromatic heterocycles. The van der Waals surface area contributed by atoms with Gasteiger partial charge in [0.15, 0.2) is 9.84 Å². The number of halogens is 1. The van der Waals surface area contributed by atoms with Crippen LogP contribution in [0.15, 0.2) is 24.3 Å². The zero-order valence-corrected chi connectivity index (χ0v) is 14.6. The van der Waals surface area contributed by atoms with Crippen LogP contribution in [-0.4, -0.2) is 72.8 Å². The topological polar surface area (TPSA) is 107 Å². The molecule has 0 aliphatic carbocycles. The molecule has 2 unspecified atom stereocenters. The third-order valence-corrected chi connectivity index (χ3v) is 5.96. The summed E-state index contributed by atoms with van der Waals surface area (Å²) in [7, 11) is -3.12. The molecule has 0 spiro atoms. The van der Waals surface area contributed by atoms with E-state index in [1.54, 1.807) is 29.2 Å². The van der Waals surface area contributed by atoms with Crippen LogP contribution in [0, 0.1) is 0 Å². The van der Waals surface area contributed by atoms with E-state index < -0.39 is 22.5 Å². The highest BCUT2D eigenvalue weighted by Gasteiger charge is 2.33. The first-order chi connectivity index (χ1) is 11.3. The van der Waals surface area contributed by atoms with Crippen molar-refractivity contribution in [3.05, 3.63) is 29.3 Å². The molecule has 1 aromatic rings. The number of amides is 1. The predicted octanol–water partition coefficient (Wildman–Crippen LogP) is 0.121. The summed E-state index contributed by atoms with van der Waals surface area (Å²) in [5, 5.41) is 21.8. The van der Waals surface area contributed by atoms with E-state index in [2.05, 4.69) is 5.32 Å². The molecule has 1 aromatic carbocycles. The highest BCUT2D eigenvalue weighted by atomic mass is 35.5. The van der Waals surface area contributed by atoms with E-state index in [0.29, 0.717) is 17.1 Å². The summed E-state index contributed by atoms with van der Waals surface area (Å²) in [5.41, 5.74) is 0.464. The van der Waals surface area contributed by atoms with E-state index in [1.807, 2.05) is 0 Å². The molecule has 0 saturated carbocycles. The molecule has 0 radical (unpaired) electrons. The van der Waals surface area contributed by atoms with Gasteiger partial charge in [0.25, 0.3) is 0 Å². The van der Waals surface area contributed by atoms with Gasteiger partial charge in [-0.05, 0) is 18.6 Å². The Balaban J connectivity index is 2.04. The summed E-state index contributed by atoms with van der Waals surface area (Å²) >= 11 is 6.00. The Morgan fingerprint density at radius 3 is 2.71 bits per heavy atom. The van der Waals surface area contributed by atoms with Gasteiger partial charge < -0.3 is 15.5 Å². The van der Waals surface area contributed by atoms with Crippen molar-refractivity contribution in [1.29, 1.82) is 0 Å². The van der Waals surface area contributed by atoms with Crippen LogP contribution in [0.5, 0.6) is 0 Å². The molecule has 1 saturated heterocycles. The molecule has 1 fully saturated rings. The molecule has 3 N–H and O–H groups in total. The summed E-state index contributed by atoms with van der Waals surface area (Å²) in [4.78, 5) is 13.9. The molecular formula is C15H21ClN2O5S. The van der Waals surface area contributed by atoms with E-state index in [0.717, 1.165) is 0 Å². The van der Waals surface area contributed by atoms with Crippen molar-refractivity contribution in [3.63, 3.8) is 0 Å². The molecular weight excluding hydrogens is 356 g/mol. The maximum Gasteiger partial charge on any atom is 0.238 e. The van der Waals surface area contributed by atoms with Gasteiger partial charge in [0.05, 0.1) is 41.5 Å². The predicted molar refractivity (Wildman–Crippen MR) is 91.8 cm³/mol. The van der Waals surface area contributed by atoms with E-state index >= 15 is 0 Å². The number of nitrogens with one attached hydrogen (secondary N) is 1. The van der Waals surface area contributed by atoms with Crippen molar-refractivity contribution in [1.82, 2.24) is 4.90 Å². The fraction of sp³-hybridized carbons (Fsp3) is 0.533. The first-order valence-corrected chi connectivity index (χ1v) is 9.78. The first kappa shape index (κ1) is 19.1. The first-order valence-electron chi connectivity index (χ1n) is 7.58. The van der Waals surface area contributed by atoms with Gasteiger partial charge in [-0.15, -0.1) is 0 Å². The van der Waals surface area contributed by atoms with Gasteiger partial charge in [-0.25, -0.2) is 8.42 Å². The van der Waals surface area contributed by atoms with Crippen LogP contribution in [-0.2, 0) is 14.6 Å². The van der Waals surface area contributed by atoms with Crippen molar-refractivity contribution < 1.29 is 23.4 Å². The second-order valence-corrected chi connectivity index (χ2v) is 8.49. The number of rotatable bonds is 7. The maximum atomic E-state index is 12.3. The lowest BCUT2D eigenvalue weighted by molar-refractivity contribution is -0.118. The SMILES string of the molecule is O=C(CN(CC(O)CO)C1CCS(=O)(=O)C1)Nc1ccccc1Cl. The van der Waals surface area contributed by atoms with Crippen LogP contribution in [0.1, 0.15) is 6.42 Å². The van der Waals surface area contributed by atoms with Crippen LogP contribution < -0.4 is 5.32 Å². The lowest BCUT2D eigenvalue weighted by Crippen LogP contribution is -2.46. The van der Waals surface area contributed by atoms with Gasteiger partial charge in [-0.2, -0.15) is 0 Å². The molecule has 7 nitrogen and oxygen atoms in total. The molecule has 2 atom stereocenters. The van der Waals surface area contributed by atoms with Gasteiger partial charge in [0.2, 0.25) is 5.91 Å². The van der Waals surface area contributed by atoms with Gasteiger partial charge in [0.1, 0.15) is 0 Å². The van der Waals surface area contributed by atoms with E-state index in [-0.39, 0.29) is 36.5 Å². The minimum atomic E-state index is -3.12. The summed E-state index contributed by atoms with van der Waals surface area (Å²) < 4.78 is 23.3. The quantitative estimate of drug-likeness (QED) is 0.624. The number of aliphatic hydroxyl groups excluding tert-OH is 2. The Labute approximate surface area is 146 Å². The standard InChI is InChI=1S/C15H21ClN2O5S/c16-13-3-1-2-4-14(13)17-15(21)8-18(7-12(20)9-19)11-5-6-24(22,23)10-11/h1-4,11-12,19-20H,5-10H2,(H,17,21). The number of sulfone groups is 1. The van der Waals surface area contributed by atoms with Gasteiger partial charge in [0, 0.05) is 12.6 Å². The number of nitrogens with zero attached hydrogens (tertiary/aromatic N) is 1. The van der Waals surface area contributed by atoms with Crippen molar-refractivity contribution in [2.45, 2.75) is 18.6 Å². The second-order valence-electron chi connectivity index (χ2n) is 5.85. The average Bonchev–Trinajstić information content (AvgIpc) is 2.89. The summed E-state index contributed by atoms with van der Waals surface area (Å²) in [5.74, 6) is -0.349.